The van der Waals surface area contributed by atoms with E-state index in [0.29, 0.717) is 0 Å². The number of aromatic nitrogens is 1. The van der Waals surface area contributed by atoms with Crippen LogP contribution in [0.4, 0.5) is 0 Å². The van der Waals surface area contributed by atoms with Crippen LogP contribution < -0.4 is 4.57 Å². The number of hydrogen-bond acceptors (Lipinski definition) is 0. The lowest BCUT2D eigenvalue weighted by molar-refractivity contribution is -0.678. The molecule has 1 aromatic rings. The Balaban J connectivity index is 3.26. The molecule has 0 saturated heterocycles. The summed E-state index contributed by atoms with van der Waals surface area (Å²) in [5.74, 6) is 0. The quantitative estimate of drug-likeness (QED) is 0.517. The van der Waals surface area contributed by atoms with Crippen molar-refractivity contribution >= 4 is 0 Å². The predicted octanol–water partition coefficient (Wildman–Crippen LogP) is 2.12. The maximum absolute atomic E-state index is 2.25. The third kappa shape index (κ3) is 1.66. The minimum atomic E-state index is 0.253. The molecule has 0 aliphatic rings. The van der Waals surface area contributed by atoms with Gasteiger partial charge in [-0.25, -0.2) is 4.57 Å². The molecular weight excluding hydrogens is 146 g/mol. The average Bonchev–Trinajstić information content (AvgIpc) is 1.92. The van der Waals surface area contributed by atoms with Crippen LogP contribution in [0.2, 0.25) is 0 Å². The molecule has 0 fully saturated rings. The molecule has 0 radical (unpaired) electrons. The van der Waals surface area contributed by atoms with Gasteiger partial charge in [0.2, 0.25) is 0 Å². The Labute approximate surface area is 75.1 Å². The lowest BCUT2D eigenvalue weighted by Gasteiger charge is -2.18. The Morgan fingerprint density at radius 1 is 1.25 bits per heavy atom. The van der Waals surface area contributed by atoms with Crippen molar-refractivity contribution in [3.05, 3.63) is 29.6 Å². The molecule has 1 heteroatoms. The van der Waals surface area contributed by atoms with Crippen molar-refractivity contribution in [1.29, 1.82) is 0 Å². The molecule has 0 saturated carbocycles. The minimum Gasteiger partial charge on any atom is -0.205 e. The Bertz CT molecular complexity index is 282. The van der Waals surface area contributed by atoms with Gasteiger partial charge in [0.15, 0.2) is 11.9 Å². The fraction of sp³-hybridized carbons (Fsp3) is 0.545. The summed E-state index contributed by atoms with van der Waals surface area (Å²) < 4.78 is 2.17. The topological polar surface area (TPSA) is 3.88 Å². The third-order valence-electron chi connectivity index (χ3n) is 2.30. The van der Waals surface area contributed by atoms with Gasteiger partial charge in [-0.3, -0.25) is 0 Å². The monoisotopic (exact) mass is 164 g/mol. The smallest absolute Gasteiger partial charge is 0.181 e. The van der Waals surface area contributed by atoms with Gasteiger partial charge < -0.3 is 0 Å². The van der Waals surface area contributed by atoms with Gasteiger partial charge in [0.1, 0.15) is 7.05 Å². The molecular formula is C11H18N+. The van der Waals surface area contributed by atoms with Crippen molar-refractivity contribution in [3.63, 3.8) is 0 Å². The molecule has 1 heterocycles. The molecule has 12 heavy (non-hydrogen) atoms. The maximum atomic E-state index is 2.25. The summed E-state index contributed by atoms with van der Waals surface area (Å²) >= 11 is 0. The molecule has 66 valence electrons. The van der Waals surface area contributed by atoms with E-state index in [9.17, 15) is 0 Å². The molecule has 1 aromatic heterocycles. The zero-order valence-corrected chi connectivity index (χ0v) is 8.68. The summed E-state index contributed by atoms with van der Waals surface area (Å²) in [6.45, 7) is 8.90. The third-order valence-corrected chi connectivity index (χ3v) is 2.30. The van der Waals surface area contributed by atoms with Crippen molar-refractivity contribution in [2.24, 2.45) is 7.05 Å². The summed E-state index contributed by atoms with van der Waals surface area (Å²) in [5, 5.41) is 0. The Hall–Kier alpha value is -0.850. The van der Waals surface area contributed by atoms with E-state index in [2.05, 4.69) is 57.6 Å². The zero-order valence-electron chi connectivity index (χ0n) is 8.68. The molecule has 0 aliphatic carbocycles. The van der Waals surface area contributed by atoms with Crippen LogP contribution in [0.15, 0.2) is 18.3 Å². The van der Waals surface area contributed by atoms with Crippen LogP contribution in [0.3, 0.4) is 0 Å². The van der Waals surface area contributed by atoms with Crippen molar-refractivity contribution in [3.8, 4) is 0 Å². The van der Waals surface area contributed by atoms with E-state index in [1.807, 2.05) is 0 Å². The molecule has 0 unspecified atom stereocenters. The fourth-order valence-corrected chi connectivity index (χ4v) is 1.48. The first-order valence-corrected chi connectivity index (χ1v) is 4.38. The van der Waals surface area contributed by atoms with Gasteiger partial charge in [0.25, 0.3) is 0 Å². The van der Waals surface area contributed by atoms with Crippen molar-refractivity contribution < 1.29 is 4.57 Å². The number of aryl methyl sites for hydroxylation is 1. The van der Waals surface area contributed by atoms with Gasteiger partial charge >= 0.3 is 0 Å². The molecule has 1 nitrogen and oxygen atoms in total. The highest BCUT2D eigenvalue weighted by molar-refractivity contribution is 5.22. The Morgan fingerprint density at radius 2 is 1.83 bits per heavy atom. The van der Waals surface area contributed by atoms with Crippen LogP contribution in [0.25, 0.3) is 0 Å². The first-order valence-electron chi connectivity index (χ1n) is 4.38. The zero-order chi connectivity index (χ0) is 9.35. The molecule has 0 amide bonds. The first-order chi connectivity index (χ1) is 5.43. The summed E-state index contributed by atoms with van der Waals surface area (Å²) in [7, 11) is 2.09. The van der Waals surface area contributed by atoms with Gasteiger partial charge in [-0.05, 0) is 11.5 Å². The lowest BCUT2D eigenvalue weighted by atomic mass is 9.86. The van der Waals surface area contributed by atoms with Crippen LogP contribution in [-0.4, -0.2) is 0 Å². The standard InChI is InChI=1S/C11H18N/c1-9-10(11(2,3)4)7-6-8-12(9)5/h6-8H,1-5H3/q+1. The predicted molar refractivity (Wildman–Crippen MR) is 51.1 cm³/mol. The second-order valence-electron chi connectivity index (χ2n) is 4.37. The van der Waals surface area contributed by atoms with E-state index in [1.54, 1.807) is 0 Å². The van der Waals surface area contributed by atoms with Crippen molar-refractivity contribution in [2.45, 2.75) is 33.1 Å². The first kappa shape index (κ1) is 9.24. The van der Waals surface area contributed by atoms with E-state index in [1.165, 1.54) is 11.3 Å². The molecule has 0 atom stereocenters. The highest BCUT2D eigenvalue weighted by atomic mass is 14.9. The van der Waals surface area contributed by atoms with Crippen molar-refractivity contribution in [1.82, 2.24) is 0 Å². The molecule has 0 bridgehead atoms. The SMILES string of the molecule is Cc1c(C(C)(C)C)ccc[n+]1C. The highest BCUT2D eigenvalue weighted by Gasteiger charge is 2.20. The van der Waals surface area contributed by atoms with Crippen LogP contribution >= 0.6 is 0 Å². The molecule has 0 aromatic carbocycles. The van der Waals surface area contributed by atoms with Gasteiger partial charge in [-0.1, -0.05) is 20.8 Å². The largest absolute Gasteiger partial charge is 0.205 e. The van der Waals surface area contributed by atoms with E-state index in [-0.39, 0.29) is 5.41 Å². The number of rotatable bonds is 0. The van der Waals surface area contributed by atoms with E-state index >= 15 is 0 Å². The van der Waals surface area contributed by atoms with Gasteiger partial charge in [0.05, 0.1) is 0 Å². The van der Waals surface area contributed by atoms with Gasteiger partial charge in [-0.2, -0.15) is 0 Å². The fourth-order valence-electron chi connectivity index (χ4n) is 1.48. The number of pyridine rings is 1. The molecule has 0 spiro atoms. The summed E-state index contributed by atoms with van der Waals surface area (Å²) in [4.78, 5) is 0. The highest BCUT2D eigenvalue weighted by Crippen LogP contribution is 2.22. The summed E-state index contributed by atoms with van der Waals surface area (Å²) in [6.07, 6.45) is 2.09. The maximum Gasteiger partial charge on any atom is 0.181 e. The molecule has 0 N–H and O–H groups in total. The van der Waals surface area contributed by atoms with E-state index in [0.717, 1.165) is 0 Å². The lowest BCUT2D eigenvalue weighted by Crippen LogP contribution is -2.34. The average molecular weight is 164 g/mol. The summed E-state index contributed by atoms with van der Waals surface area (Å²) in [5.41, 5.74) is 3.03. The molecule has 1 rings (SSSR count). The van der Waals surface area contributed by atoms with E-state index < -0.39 is 0 Å². The second kappa shape index (κ2) is 2.89. The van der Waals surface area contributed by atoms with Crippen LogP contribution in [0.1, 0.15) is 32.0 Å². The minimum absolute atomic E-state index is 0.253. The second-order valence-corrected chi connectivity index (χ2v) is 4.37. The van der Waals surface area contributed by atoms with E-state index in [4.69, 9.17) is 0 Å². The van der Waals surface area contributed by atoms with Gasteiger partial charge in [-0.15, -0.1) is 0 Å². The summed E-state index contributed by atoms with van der Waals surface area (Å²) in [6, 6.07) is 4.31. The number of nitrogens with zero attached hydrogens (tertiary/aromatic N) is 1. The van der Waals surface area contributed by atoms with Crippen LogP contribution in [-0.2, 0) is 12.5 Å². The van der Waals surface area contributed by atoms with Gasteiger partial charge in [0, 0.05) is 18.6 Å². The number of hydrogen-bond donors (Lipinski definition) is 0. The van der Waals surface area contributed by atoms with Crippen LogP contribution in [0, 0.1) is 6.92 Å². The Kier molecular flexibility index (Phi) is 2.22. The normalized spacial score (nSPS) is 11.8. The van der Waals surface area contributed by atoms with Crippen LogP contribution in [0.5, 0.6) is 0 Å². The molecule has 0 aliphatic heterocycles. The van der Waals surface area contributed by atoms with Crippen molar-refractivity contribution in [2.75, 3.05) is 0 Å². The Morgan fingerprint density at radius 3 is 2.25 bits per heavy atom.